The van der Waals surface area contributed by atoms with E-state index in [9.17, 15) is 18.0 Å². The van der Waals surface area contributed by atoms with E-state index in [1.54, 1.807) is 12.1 Å². The molecule has 226 valence electrons. The fraction of sp³-hybridized carbons (Fsp3) is 0.593. The van der Waals surface area contributed by atoms with Crippen molar-refractivity contribution in [2.45, 2.75) is 57.6 Å². The van der Waals surface area contributed by atoms with Gasteiger partial charge in [0.05, 0.1) is 6.61 Å². The summed E-state index contributed by atoms with van der Waals surface area (Å²) >= 11 is 6.47. The lowest BCUT2D eigenvalue weighted by Crippen LogP contribution is -2.58. The number of aromatic nitrogens is 2. The lowest BCUT2D eigenvalue weighted by atomic mass is 9.97. The van der Waals surface area contributed by atoms with Crippen LogP contribution in [0.1, 0.15) is 48.7 Å². The van der Waals surface area contributed by atoms with Crippen molar-refractivity contribution in [3.8, 4) is 5.75 Å². The van der Waals surface area contributed by atoms with Gasteiger partial charge in [-0.25, -0.2) is 9.97 Å². The van der Waals surface area contributed by atoms with Gasteiger partial charge in [-0.05, 0) is 50.0 Å². The van der Waals surface area contributed by atoms with E-state index in [0.717, 1.165) is 50.9 Å². The normalized spacial score (nSPS) is 19.4. The molecule has 1 atom stereocenters. The highest BCUT2D eigenvalue weighted by molar-refractivity contribution is 6.32. The van der Waals surface area contributed by atoms with Gasteiger partial charge in [-0.15, -0.1) is 13.2 Å². The van der Waals surface area contributed by atoms with Crippen molar-refractivity contribution >= 4 is 29.1 Å². The number of carbonyl (C=O) groups excluding carboxylic acids is 1. The first-order valence-electron chi connectivity index (χ1n) is 13.9. The van der Waals surface area contributed by atoms with E-state index in [1.165, 1.54) is 12.1 Å². The molecule has 10 nitrogen and oxygen atoms in total. The summed E-state index contributed by atoms with van der Waals surface area (Å²) < 4.78 is 41.2. The van der Waals surface area contributed by atoms with E-state index < -0.39 is 12.3 Å². The van der Waals surface area contributed by atoms with Gasteiger partial charge in [0.1, 0.15) is 5.75 Å². The molecule has 2 aliphatic rings. The molecule has 4 N–H and O–H groups in total. The average molecular weight is 600 g/mol. The monoisotopic (exact) mass is 599 g/mol. The van der Waals surface area contributed by atoms with Crippen LogP contribution >= 0.6 is 11.6 Å². The van der Waals surface area contributed by atoms with Crippen LogP contribution in [0.25, 0.3) is 0 Å². The molecule has 0 bridgehead atoms. The number of aliphatic hydroxyl groups excluding tert-OH is 1. The van der Waals surface area contributed by atoms with Crippen LogP contribution in [0.3, 0.4) is 0 Å². The molecule has 4 rings (SSSR count). The summed E-state index contributed by atoms with van der Waals surface area (Å²) in [7, 11) is 0. The molecule has 1 aromatic heterocycles. The molecular formula is C27H37ClF3N7O3. The van der Waals surface area contributed by atoms with Gasteiger partial charge in [0, 0.05) is 44.8 Å². The molecule has 0 aliphatic carbocycles. The van der Waals surface area contributed by atoms with Crippen molar-refractivity contribution < 1.29 is 27.8 Å². The van der Waals surface area contributed by atoms with Gasteiger partial charge in [0.15, 0.2) is 22.5 Å². The first-order valence-corrected chi connectivity index (χ1v) is 14.3. The van der Waals surface area contributed by atoms with Crippen LogP contribution in [0, 0.1) is 0 Å². The summed E-state index contributed by atoms with van der Waals surface area (Å²) in [4.78, 5) is 27.9. The van der Waals surface area contributed by atoms with Gasteiger partial charge in [-0.2, -0.15) is 0 Å². The number of benzene rings is 1. The minimum atomic E-state index is -4.69. The summed E-state index contributed by atoms with van der Waals surface area (Å²) in [6.45, 7) is 6.74. The molecule has 0 spiro atoms. The van der Waals surface area contributed by atoms with Crippen molar-refractivity contribution in [1.82, 2.24) is 25.1 Å². The van der Waals surface area contributed by atoms with Crippen LogP contribution < -0.4 is 20.7 Å². The van der Waals surface area contributed by atoms with Gasteiger partial charge < -0.3 is 25.8 Å². The highest BCUT2D eigenvalue weighted by atomic mass is 35.5. The van der Waals surface area contributed by atoms with Crippen LogP contribution in [-0.2, 0) is 6.54 Å². The van der Waals surface area contributed by atoms with Gasteiger partial charge >= 0.3 is 6.36 Å². The van der Waals surface area contributed by atoms with E-state index in [-0.39, 0.29) is 41.6 Å². The third kappa shape index (κ3) is 8.34. The third-order valence-electron chi connectivity index (χ3n) is 7.51. The standard InChI is InChI=1S/C27H37ClF3N7O3/c1-2-3-20-17-37(25-23(28)34-22(24(32)35-25)26(40)33-10-15-39)13-14-38(20)19-8-11-36(12-9-19)16-18-4-6-21(7-5-18)41-27(29,30)31/h4-7,19-20,39H,2-3,8-17H2,1H3,(H2,32,35)(H,33,40)/t20-/m0/s1. The Kier molecular flexibility index (Phi) is 10.5. The maximum absolute atomic E-state index is 12.4. The minimum absolute atomic E-state index is 0.01000. The highest BCUT2D eigenvalue weighted by Gasteiger charge is 2.35. The fourth-order valence-corrected chi connectivity index (χ4v) is 5.88. The molecule has 0 saturated carbocycles. The number of anilines is 2. The van der Waals surface area contributed by atoms with E-state index in [1.807, 2.05) is 0 Å². The maximum atomic E-state index is 12.4. The number of piperazine rings is 1. The lowest BCUT2D eigenvalue weighted by Gasteiger charge is -2.48. The number of carbonyl (C=O) groups is 1. The smallest absolute Gasteiger partial charge is 0.406 e. The van der Waals surface area contributed by atoms with Crippen LogP contribution in [0.4, 0.5) is 24.8 Å². The van der Waals surface area contributed by atoms with E-state index in [2.05, 4.69) is 41.6 Å². The van der Waals surface area contributed by atoms with E-state index in [4.69, 9.17) is 22.4 Å². The fourth-order valence-electron chi connectivity index (χ4n) is 5.64. The van der Waals surface area contributed by atoms with Crippen LogP contribution in [0.15, 0.2) is 24.3 Å². The quantitative estimate of drug-likeness (QED) is 0.378. The molecule has 2 saturated heterocycles. The number of halogens is 4. The van der Waals surface area contributed by atoms with Gasteiger partial charge in [0.25, 0.3) is 5.91 Å². The Hall–Kier alpha value is -2.87. The first kappa shape index (κ1) is 31.1. The number of nitrogen functional groups attached to an aromatic ring is 1. The van der Waals surface area contributed by atoms with Gasteiger partial charge in [-0.1, -0.05) is 37.1 Å². The van der Waals surface area contributed by atoms with E-state index in [0.29, 0.717) is 31.5 Å². The average Bonchev–Trinajstić information content (AvgIpc) is 2.94. The number of likely N-dealkylation sites (tertiary alicyclic amines) is 1. The number of amides is 1. The lowest BCUT2D eigenvalue weighted by molar-refractivity contribution is -0.274. The molecule has 2 aliphatic heterocycles. The van der Waals surface area contributed by atoms with Crippen LogP contribution in [-0.4, -0.2) is 95.1 Å². The predicted octanol–water partition coefficient (Wildman–Crippen LogP) is 3.29. The number of nitrogens with zero attached hydrogens (tertiary/aromatic N) is 5. The maximum Gasteiger partial charge on any atom is 0.573 e. The predicted molar refractivity (Wildman–Crippen MR) is 150 cm³/mol. The molecule has 0 unspecified atom stereocenters. The number of nitrogens with two attached hydrogens (primary N) is 1. The second-order valence-electron chi connectivity index (χ2n) is 10.4. The van der Waals surface area contributed by atoms with Crippen molar-refractivity contribution in [2.75, 3.05) is 56.5 Å². The molecule has 14 heteroatoms. The zero-order chi connectivity index (χ0) is 29.6. The molecule has 0 radical (unpaired) electrons. The summed E-state index contributed by atoms with van der Waals surface area (Å²) in [6.07, 6.45) is -0.666. The highest BCUT2D eigenvalue weighted by Crippen LogP contribution is 2.30. The zero-order valence-corrected chi connectivity index (χ0v) is 23.8. The summed E-state index contributed by atoms with van der Waals surface area (Å²) in [5.41, 5.74) is 6.95. The van der Waals surface area contributed by atoms with Crippen LogP contribution in [0.2, 0.25) is 5.15 Å². The molecule has 3 heterocycles. The zero-order valence-electron chi connectivity index (χ0n) is 23.0. The van der Waals surface area contributed by atoms with Gasteiger partial charge in [0.2, 0.25) is 0 Å². The Morgan fingerprint density at radius 2 is 1.88 bits per heavy atom. The molecule has 41 heavy (non-hydrogen) atoms. The van der Waals surface area contributed by atoms with Crippen molar-refractivity contribution in [3.63, 3.8) is 0 Å². The Morgan fingerprint density at radius 1 is 1.17 bits per heavy atom. The van der Waals surface area contributed by atoms with Crippen LogP contribution in [0.5, 0.6) is 5.75 Å². The van der Waals surface area contributed by atoms with E-state index >= 15 is 0 Å². The van der Waals surface area contributed by atoms with Crippen molar-refractivity contribution in [2.24, 2.45) is 0 Å². The van der Waals surface area contributed by atoms with Crippen molar-refractivity contribution in [1.29, 1.82) is 0 Å². The van der Waals surface area contributed by atoms with Gasteiger partial charge in [-0.3, -0.25) is 14.6 Å². The number of nitrogens with one attached hydrogen (secondary N) is 1. The second kappa shape index (κ2) is 13.9. The third-order valence-corrected chi connectivity index (χ3v) is 7.77. The molecular weight excluding hydrogens is 563 g/mol. The second-order valence-corrected chi connectivity index (χ2v) is 10.7. The largest absolute Gasteiger partial charge is 0.573 e. The molecule has 1 amide bonds. The number of alkyl halides is 3. The number of ether oxygens (including phenoxy) is 1. The van der Waals surface area contributed by atoms with Crippen molar-refractivity contribution in [3.05, 3.63) is 40.7 Å². The number of rotatable bonds is 10. The molecule has 2 fully saturated rings. The number of aliphatic hydroxyl groups is 1. The Labute approximate surface area is 242 Å². The number of piperidine rings is 1. The number of hydrogen-bond donors (Lipinski definition) is 3. The SMILES string of the molecule is CCC[C@H]1CN(c2nc(N)c(C(=O)NCCO)nc2Cl)CCN1C1CCN(Cc2ccc(OC(F)(F)F)cc2)CC1. The number of hydrogen-bond acceptors (Lipinski definition) is 9. The summed E-state index contributed by atoms with van der Waals surface area (Å²) in [6, 6.07) is 6.79. The molecule has 2 aromatic rings. The minimum Gasteiger partial charge on any atom is -0.406 e. The molecule has 1 aromatic carbocycles. The summed E-state index contributed by atoms with van der Waals surface area (Å²) in [5.74, 6) is -0.296. The summed E-state index contributed by atoms with van der Waals surface area (Å²) in [5, 5.41) is 11.6. The topological polar surface area (TPSA) is 120 Å². The Balaban J connectivity index is 1.34. The Morgan fingerprint density at radius 3 is 2.51 bits per heavy atom. The first-order chi connectivity index (χ1) is 19.6. The Bertz CT molecular complexity index is 1160.